The summed E-state index contributed by atoms with van der Waals surface area (Å²) in [5, 5.41) is 0. The Morgan fingerprint density at radius 2 is 1.55 bits per heavy atom. The van der Waals surface area contributed by atoms with Crippen LogP contribution in [0, 0.1) is 12.3 Å². The van der Waals surface area contributed by atoms with E-state index in [0.29, 0.717) is 0 Å². The largest absolute Gasteiger partial charge is 0.285 e. The van der Waals surface area contributed by atoms with Gasteiger partial charge in [0.1, 0.15) is 0 Å². The van der Waals surface area contributed by atoms with Crippen LogP contribution in [0.1, 0.15) is 12.8 Å². The summed E-state index contributed by atoms with van der Waals surface area (Å²) in [6.45, 7) is 0. The summed E-state index contributed by atoms with van der Waals surface area (Å²) in [5.74, 6) is -0.191. The van der Waals surface area contributed by atoms with Crippen molar-refractivity contribution in [3.05, 3.63) is 0 Å². The van der Waals surface area contributed by atoms with Crippen molar-refractivity contribution in [2.24, 2.45) is 0 Å². The third-order valence-electron chi connectivity index (χ3n) is 0.851. The van der Waals surface area contributed by atoms with Crippen molar-refractivity contribution in [2.75, 3.05) is 5.75 Å². The normalized spacial score (nSPS) is 18.2. The van der Waals surface area contributed by atoms with Crippen molar-refractivity contribution >= 4 is 10.2 Å². The van der Waals surface area contributed by atoms with E-state index in [1.165, 1.54) is 0 Å². The van der Waals surface area contributed by atoms with Crippen molar-refractivity contribution in [1.29, 1.82) is 0 Å². The zero-order valence-corrected chi connectivity index (χ0v) is 6.31. The molecule has 0 radical (unpaired) electrons. The summed E-state index contributed by atoms with van der Waals surface area (Å²) in [7, 11) is -9.17. The topological polar surface area (TPSA) is 0 Å². The van der Waals surface area contributed by atoms with E-state index in [9.17, 15) is 19.4 Å². The highest BCUT2D eigenvalue weighted by molar-refractivity contribution is 8.45. The molecule has 0 fully saturated rings. The zero-order valence-electron chi connectivity index (χ0n) is 5.50. The van der Waals surface area contributed by atoms with Gasteiger partial charge in [0, 0.05) is 6.42 Å². The van der Waals surface area contributed by atoms with Crippen LogP contribution in [0.3, 0.4) is 0 Å². The molecule has 0 heterocycles. The molecule has 0 nitrogen and oxygen atoms in total. The molecule has 0 saturated heterocycles. The molecule has 68 valence electrons. The van der Waals surface area contributed by atoms with Crippen LogP contribution in [0.5, 0.6) is 0 Å². The minimum absolute atomic E-state index is 0.272. The molecule has 0 atom stereocenters. The first-order valence-electron chi connectivity index (χ1n) is 2.70. The smallest absolute Gasteiger partial charge is 0.120 e. The molecule has 0 bridgehead atoms. The fraction of sp³-hybridized carbons (Fsp3) is 0.600. The van der Waals surface area contributed by atoms with Crippen LogP contribution in [0.4, 0.5) is 19.4 Å². The number of halogens is 5. The van der Waals surface area contributed by atoms with Gasteiger partial charge in [-0.2, -0.15) is 0 Å². The average Bonchev–Trinajstić information content (AvgIpc) is 1.59. The van der Waals surface area contributed by atoms with E-state index in [1.54, 1.807) is 0 Å². The summed E-state index contributed by atoms with van der Waals surface area (Å²) in [4.78, 5) is 0. The fourth-order valence-electron chi connectivity index (χ4n) is 0.447. The summed E-state index contributed by atoms with van der Waals surface area (Å²) in [6, 6.07) is 0. The maximum atomic E-state index is 11.5. The summed E-state index contributed by atoms with van der Waals surface area (Å²) < 4.78 is 57.4. The van der Waals surface area contributed by atoms with Crippen molar-refractivity contribution < 1.29 is 19.4 Å². The Kier molecular flexibility index (Phi) is 1.95. The van der Waals surface area contributed by atoms with Crippen molar-refractivity contribution in [3.63, 3.8) is 0 Å². The van der Waals surface area contributed by atoms with Crippen LogP contribution < -0.4 is 0 Å². The number of hydrogen-bond acceptors (Lipinski definition) is 0. The second-order valence-electron chi connectivity index (χ2n) is 2.14. The Morgan fingerprint density at radius 1 is 1.09 bits per heavy atom. The van der Waals surface area contributed by atoms with Crippen LogP contribution in [-0.4, -0.2) is 5.75 Å². The van der Waals surface area contributed by atoms with Crippen LogP contribution in [0.15, 0.2) is 0 Å². The molecular weight excluding hydrogens is 187 g/mol. The predicted octanol–water partition coefficient (Wildman–Crippen LogP) is 3.70. The second-order valence-corrected chi connectivity index (χ2v) is 4.81. The van der Waals surface area contributed by atoms with Gasteiger partial charge in [-0.15, -0.1) is 12.3 Å². The molecule has 0 amide bonds. The molecule has 6 heteroatoms. The number of terminal acetylenes is 1. The quantitative estimate of drug-likeness (QED) is 0.365. The SMILES string of the molecule is C#CCCCS(F)(F)(F)(F)F. The lowest BCUT2D eigenvalue weighted by molar-refractivity contribution is 0.362. The van der Waals surface area contributed by atoms with E-state index in [1.807, 2.05) is 5.92 Å². The molecule has 0 aliphatic heterocycles. The molecule has 0 N–H and O–H groups in total. The molecule has 0 saturated carbocycles. The van der Waals surface area contributed by atoms with E-state index < -0.39 is 22.4 Å². The van der Waals surface area contributed by atoms with E-state index in [4.69, 9.17) is 0 Å². The molecule has 0 aliphatic rings. The fourth-order valence-corrected chi connectivity index (χ4v) is 1.14. The molecule has 0 aliphatic carbocycles. The molecule has 0 aromatic rings. The number of rotatable bonds is 3. The van der Waals surface area contributed by atoms with E-state index in [2.05, 4.69) is 6.42 Å². The highest BCUT2D eigenvalue weighted by Crippen LogP contribution is 2.97. The van der Waals surface area contributed by atoms with Gasteiger partial charge in [-0.25, -0.2) is 0 Å². The lowest BCUT2D eigenvalue weighted by atomic mass is 10.4. The maximum absolute atomic E-state index is 11.5. The third kappa shape index (κ3) is 9.56. The highest BCUT2D eigenvalue weighted by Gasteiger charge is 2.62. The minimum atomic E-state index is -9.17. The lowest BCUT2D eigenvalue weighted by Gasteiger charge is -2.40. The first kappa shape index (κ1) is 10.6. The first-order valence-corrected chi connectivity index (χ1v) is 4.82. The van der Waals surface area contributed by atoms with Gasteiger partial charge in [0.25, 0.3) is 10.2 Å². The summed E-state index contributed by atoms with van der Waals surface area (Å²) >= 11 is 0. The lowest BCUT2D eigenvalue weighted by Crippen LogP contribution is -2.10. The van der Waals surface area contributed by atoms with Gasteiger partial charge in [0.2, 0.25) is 0 Å². The van der Waals surface area contributed by atoms with E-state index >= 15 is 0 Å². The van der Waals surface area contributed by atoms with E-state index in [0.717, 1.165) is 0 Å². The van der Waals surface area contributed by atoms with Gasteiger partial charge in [-0.1, -0.05) is 19.4 Å². The molecule has 0 aromatic heterocycles. The van der Waals surface area contributed by atoms with Gasteiger partial charge in [0.15, 0.2) is 0 Å². The van der Waals surface area contributed by atoms with Gasteiger partial charge in [-0.05, 0) is 6.42 Å². The molecule has 11 heavy (non-hydrogen) atoms. The molecule has 0 rings (SSSR count). The molecular formula is C5H7F5S. The second kappa shape index (κ2) is 2.03. The average molecular weight is 194 g/mol. The molecule has 0 aromatic carbocycles. The van der Waals surface area contributed by atoms with E-state index in [-0.39, 0.29) is 6.42 Å². The van der Waals surface area contributed by atoms with Crippen molar-refractivity contribution in [1.82, 2.24) is 0 Å². The summed E-state index contributed by atoms with van der Waals surface area (Å²) in [6.07, 6.45) is 3.62. The number of unbranched alkanes of at least 4 members (excludes halogenated alkanes) is 1. The van der Waals surface area contributed by atoms with Gasteiger partial charge < -0.3 is 0 Å². The van der Waals surface area contributed by atoms with Gasteiger partial charge >= 0.3 is 0 Å². The molecule has 0 unspecified atom stereocenters. The highest BCUT2D eigenvalue weighted by atomic mass is 32.5. The number of hydrogen-bond donors (Lipinski definition) is 0. The van der Waals surface area contributed by atoms with Gasteiger partial charge in [0.05, 0.1) is 5.75 Å². The first-order chi connectivity index (χ1) is 4.54. The predicted molar refractivity (Wildman–Crippen MR) is 36.1 cm³/mol. The van der Waals surface area contributed by atoms with Crippen LogP contribution in [-0.2, 0) is 0 Å². The van der Waals surface area contributed by atoms with Crippen molar-refractivity contribution in [2.45, 2.75) is 12.8 Å². The molecule has 0 spiro atoms. The summed E-state index contributed by atoms with van der Waals surface area (Å²) in [5.41, 5.74) is 0. The Hall–Kier alpha value is -0.440. The Morgan fingerprint density at radius 3 is 1.82 bits per heavy atom. The Balaban J connectivity index is 4.08. The van der Waals surface area contributed by atoms with Gasteiger partial charge in [-0.3, -0.25) is 0 Å². The maximum Gasteiger partial charge on any atom is 0.285 e. The standard InChI is InChI=1S/C5H7F5S/c1-2-3-4-5-11(6,7,8,9)10/h1H,3-5H2. The van der Waals surface area contributed by atoms with Crippen LogP contribution in [0.25, 0.3) is 0 Å². The van der Waals surface area contributed by atoms with Crippen LogP contribution in [0.2, 0.25) is 0 Å². The minimum Gasteiger partial charge on any atom is -0.120 e. The monoisotopic (exact) mass is 194 g/mol. The van der Waals surface area contributed by atoms with Crippen LogP contribution >= 0.6 is 10.2 Å². The third-order valence-corrected chi connectivity index (χ3v) is 1.91. The zero-order chi connectivity index (χ0) is 9.24. The Labute approximate surface area is 61.5 Å². The van der Waals surface area contributed by atoms with Crippen molar-refractivity contribution in [3.8, 4) is 12.3 Å². The Bertz CT molecular complexity index is 181.